The fourth-order valence-electron chi connectivity index (χ4n) is 1.13. The van der Waals surface area contributed by atoms with Crippen molar-refractivity contribution in [3.8, 4) is 0 Å². The topological polar surface area (TPSA) is 54.7 Å². The second kappa shape index (κ2) is 3.72. The van der Waals surface area contributed by atoms with Crippen molar-refractivity contribution in [3.05, 3.63) is 29.8 Å². The zero-order valence-electron chi connectivity index (χ0n) is 6.75. The minimum Gasteiger partial charge on any atom is -0.341 e. The second-order valence-electron chi connectivity index (χ2n) is 2.55. The molecule has 0 spiro atoms. The van der Waals surface area contributed by atoms with Crippen LogP contribution >= 0.6 is 12.4 Å². The van der Waals surface area contributed by atoms with Crippen LogP contribution in [0.1, 0.15) is 5.82 Å². The summed E-state index contributed by atoms with van der Waals surface area (Å²) < 4.78 is 12.7. The van der Waals surface area contributed by atoms with Crippen LogP contribution in [0.3, 0.4) is 0 Å². The van der Waals surface area contributed by atoms with Gasteiger partial charge in [0.1, 0.15) is 11.6 Å². The number of imidazole rings is 1. The van der Waals surface area contributed by atoms with E-state index in [1.165, 1.54) is 12.1 Å². The SMILES string of the molecule is Cl.NCc1nc2cc(F)ccc2[nH]1. The lowest BCUT2D eigenvalue weighted by atomic mass is 10.3. The minimum absolute atomic E-state index is 0. The van der Waals surface area contributed by atoms with Crippen molar-refractivity contribution in [1.29, 1.82) is 0 Å². The maximum Gasteiger partial charge on any atom is 0.125 e. The number of hydrogen-bond donors (Lipinski definition) is 2. The number of nitrogens with one attached hydrogen (secondary N) is 1. The van der Waals surface area contributed by atoms with Crippen LogP contribution in [0.4, 0.5) is 4.39 Å². The Morgan fingerprint density at radius 1 is 1.46 bits per heavy atom. The summed E-state index contributed by atoms with van der Waals surface area (Å²) in [5.41, 5.74) is 6.80. The molecule has 1 aromatic heterocycles. The van der Waals surface area contributed by atoms with Crippen molar-refractivity contribution in [2.75, 3.05) is 0 Å². The van der Waals surface area contributed by atoms with Gasteiger partial charge in [-0.05, 0) is 12.1 Å². The number of aromatic amines is 1. The van der Waals surface area contributed by atoms with Gasteiger partial charge in [-0.3, -0.25) is 0 Å². The lowest BCUT2D eigenvalue weighted by Crippen LogP contribution is -1.97. The Hall–Kier alpha value is -1.13. The van der Waals surface area contributed by atoms with Crippen molar-refractivity contribution in [2.45, 2.75) is 6.54 Å². The number of rotatable bonds is 1. The number of aromatic nitrogens is 2. The Morgan fingerprint density at radius 2 is 2.23 bits per heavy atom. The summed E-state index contributed by atoms with van der Waals surface area (Å²) in [5, 5.41) is 0. The first-order valence-corrected chi connectivity index (χ1v) is 3.64. The highest BCUT2D eigenvalue weighted by Crippen LogP contribution is 2.12. The van der Waals surface area contributed by atoms with Gasteiger partial charge in [-0.15, -0.1) is 12.4 Å². The molecule has 0 atom stereocenters. The first kappa shape index (κ1) is 9.95. The summed E-state index contributed by atoms with van der Waals surface area (Å²) in [6.45, 7) is 0.344. The molecule has 13 heavy (non-hydrogen) atoms. The minimum atomic E-state index is -0.280. The van der Waals surface area contributed by atoms with E-state index < -0.39 is 0 Å². The summed E-state index contributed by atoms with van der Waals surface area (Å²) in [7, 11) is 0. The van der Waals surface area contributed by atoms with E-state index in [1.54, 1.807) is 6.07 Å². The summed E-state index contributed by atoms with van der Waals surface area (Å²) >= 11 is 0. The molecule has 0 amide bonds. The molecule has 0 saturated carbocycles. The predicted octanol–water partition coefficient (Wildman–Crippen LogP) is 1.58. The van der Waals surface area contributed by atoms with E-state index in [1.807, 2.05) is 0 Å². The highest BCUT2D eigenvalue weighted by atomic mass is 35.5. The number of hydrogen-bond acceptors (Lipinski definition) is 2. The Morgan fingerprint density at radius 3 is 2.92 bits per heavy atom. The third kappa shape index (κ3) is 1.79. The molecular weight excluding hydrogens is 193 g/mol. The number of nitrogens with two attached hydrogens (primary N) is 1. The van der Waals surface area contributed by atoms with Crippen LogP contribution < -0.4 is 5.73 Å². The van der Waals surface area contributed by atoms with E-state index in [0.29, 0.717) is 17.9 Å². The number of H-pyrrole nitrogens is 1. The molecule has 1 heterocycles. The Kier molecular flexibility index (Phi) is 2.85. The Balaban J connectivity index is 0.000000845. The average Bonchev–Trinajstić information content (AvgIpc) is 2.46. The van der Waals surface area contributed by atoms with Crippen molar-refractivity contribution < 1.29 is 4.39 Å². The van der Waals surface area contributed by atoms with Gasteiger partial charge >= 0.3 is 0 Å². The average molecular weight is 202 g/mol. The smallest absolute Gasteiger partial charge is 0.125 e. The largest absolute Gasteiger partial charge is 0.341 e. The van der Waals surface area contributed by atoms with Crippen LogP contribution in [0.25, 0.3) is 11.0 Å². The normalized spacial score (nSPS) is 10.0. The van der Waals surface area contributed by atoms with E-state index in [9.17, 15) is 4.39 Å². The highest BCUT2D eigenvalue weighted by molar-refractivity contribution is 5.85. The maximum absolute atomic E-state index is 12.7. The van der Waals surface area contributed by atoms with E-state index in [2.05, 4.69) is 9.97 Å². The first-order chi connectivity index (χ1) is 5.79. The molecular formula is C8H9ClFN3. The maximum atomic E-state index is 12.7. The molecule has 3 nitrogen and oxygen atoms in total. The lowest BCUT2D eigenvalue weighted by Gasteiger charge is -1.85. The second-order valence-corrected chi connectivity index (χ2v) is 2.55. The van der Waals surface area contributed by atoms with Crippen molar-refractivity contribution in [3.63, 3.8) is 0 Å². The summed E-state index contributed by atoms with van der Waals surface area (Å²) in [5.74, 6) is 0.396. The molecule has 0 unspecified atom stereocenters. The standard InChI is InChI=1S/C8H8FN3.ClH/c9-5-1-2-6-7(3-5)12-8(4-10)11-6;/h1-3H,4,10H2,(H,11,12);1H. The molecule has 0 radical (unpaired) electrons. The van der Waals surface area contributed by atoms with E-state index in [-0.39, 0.29) is 18.2 Å². The molecule has 1 aromatic carbocycles. The van der Waals surface area contributed by atoms with Gasteiger partial charge in [-0.25, -0.2) is 9.37 Å². The van der Waals surface area contributed by atoms with E-state index in [0.717, 1.165) is 5.52 Å². The number of fused-ring (bicyclic) bond motifs is 1. The Bertz CT molecular complexity index is 413. The van der Waals surface area contributed by atoms with Gasteiger partial charge in [-0.1, -0.05) is 0 Å². The Labute approximate surface area is 80.6 Å². The molecule has 0 aliphatic rings. The van der Waals surface area contributed by atoms with Crippen molar-refractivity contribution in [1.82, 2.24) is 9.97 Å². The van der Waals surface area contributed by atoms with E-state index in [4.69, 9.17) is 5.73 Å². The van der Waals surface area contributed by atoms with Crippen LogP contribution in [0.5, 0.6) is 0 Å². The van der Waals surface area contributed by atoms with Gasteiger partial charge in [-0.2, -0.15) is 0 Å². The quantitative estimate of drug-likeness (QED) is 0.736. The summed E-state index contributed by atoms with van der Waals surface area (Å²) in [4.78, 5) is 7.04. The van der Waals surface area contributed by atoms with Crippen LogP contribution in [-0.2, 0) is 6.54 Å². The van der Waals surface area contributed by atoms with Crippen LogP contribution in [0.15, 0.2) is 18.2 Å². The zero-order valence-corrected chi connectivity index (χ0v) is 7.57. The van der Waals surface area contributed by atoms with Crippen molar-refractivity contribution >= 4 is 23.4 Å². The van der Waals surface area contributed by atoms with Crippen molar-refractivity contribution in [2.24, 2.45) is 5.73 Å². The first-order valence-electron chi connectivity index (χ1n) is 3.64. The molecule has 0 fully saturated rings. The molecule has 3 N–H and O–H groups in total. The molecule has 0 saturated heterocycles. The molecule has 0 bridgehead atoms. The molecule has 70 valence electrons. The van der Waals surface area contributed by atoms with Gasteiger partial charge in [0.15, 0.2) is 0 Å². The summed E-state index contributed by atoms with van der Waals surface area (Å²) in [6, 6.07) is 4.42. The third-order valence-electron chi connectivity index (χ3n) is 1.69. The monoisotopic (exact) mass is 201 g/mol. The van der Waals surface area contributed by atoms with Gasteiger partial charge in [0.05, 0.1) is 17.6 Å². The number of benzene rings is 1. The number of nitrogens with zero attached hydrogens (tertiary/aromatic N) is 1. The zero-order chi connectivity index (χ0) is 8.55. The van der Waals surface area contributed by atoms with Gasteiger partial charge in [0.25, 0.3) is 0 Å². The third-order valence-corrected chi connectivity index (χ3v) is 1.69. The van der Waals surface area contributed by atoms with Crippen LogP contribution in [-0.4, -0.2) is 9.97 Å². The number of halogens is 2. The van der Waals surface area contributed by atoms with Crippen LogP contribution in [0, 0.1) is 5.82 Å². The lowest BCUT2D eigenvalue weighted by molar-refractivity contribution is 0.629. The van der Waals surface area contributed by atoms with Gasteiger partial charge in [0.2, 0.25) is 0 Å². The molecule has 2 rings (SSSR count). The summed E-state index contributed by atoms with van der Waals surface area (Å²) in [6.07, 6.45) is 0. The van der Waals surface area contributed by atoms with Gasteiger partial charge in [0, 0.05) is 6.07 Å². The highest BCUT2D eigenvalue weighted by Gasteiger charge is 2.00. The molecule has 5 heteroatoms. The fourth-order valence-corrected chi connectivity index (χ4v) is 1.13. The molecule has 0 aliphatic heterocycles. The van der Waals surface area contributed by atoms with E-state index >= 15 is 0 Å². The van der Waals surface area contributed by atoms with Gasteiger partial charge < -0.3 is 10.7 Å². The molecule has 2 aromatic rings. The molecule has 0 aliphatic carbocycles. The van der Waals surface area contributed by atoms with Crippen LogP contribution in [0.2, 0.25) is 0 Å². The fraction of sp³-hybridized carbons (Fsp3) is 0.125. The predicted molar refractivity (Wildman–Crippen MR) is 51.2 cm³/mol.